The molecule has 6 nitrogen and oxygen atoms in total. The van der Waals surface area contributed by atoms with Crippen molar-refractivity contribution in [3.8, 4) is 5.75 Å². The predicted octanol–water partition coefficient (Wildman–Crippen LogP) is 8.32. The summed E-state index contributed by atoms with van der Waals surface area (Å²) in [5.74, 6) is 0.538. The van der Waals surface area contributed by atoms with Crippen molar-refractivity contribution < 1.29 is 8.39 Å². The molecule has 0 spiro atoms. The third-order valence-electron chi connectivity index (χ3n) is 6.85. The quantitative estimate of drug-likeness (QED) is 0.129. The summed E-state index contributed by atoms with van der Waals surface area (Å²) >= 11 is 10.7. The van der Waals surface area contributed by atoms with E-state index < -0.39 is 11.3 Å². The molecule has 38 heavy (non-hydrogen) atoms. The number of hydrogen-bond donors (Lipinski definition) is 1. The van der Waals surface area contributed by atoms with E-state index in [0.29, 0.717) is 34.5 Å². The Hall–Kier alpha value is -1.96. The number of unbranched alkanes of at least 4 members (excludes halogenated alkanes) is 9. The first-order valence-corrected chi connectivity index (χ1v) is 15.9. The lowest BCUT2D eigenvalue weighted by molar-refractivity contribution is 0.543. The van der Waals surface area contributed by atoms with Crippen molar-refractivity contribution in [2.45, 2.75) is 104 Å². The molecule has 1 N–H and O–H groups in total. The van der Waals surface area contributed by atoms with E-state index in [1.165, 1.54) is 69.8 Å². The minimum Gasteiger partial charge on any atom is -0.384 e. The van der Waals surface area contributed by atoms with E-state index in [0.717, 1.165) is 17.5 Å². The van der Waals surface area contributed by atoms with Crippen molar-refractivity contribution in [1.82, 2.24) is 14.0 Å². The maximum atomic E-state index is 12.6. The highest BCUT2D eigenvalue weighted by Crippen LogP contribution is 2.27. The number of imidazole rings is 1. The molecule has 0 bridgehead atoms. The molecular weight excluding hydrogens is 539 g/mol. The number of aromatic nitrogens is 2. The van der Waals surface area contributed by atoms with Gasteiger partial charge in [0, 0.05) is 13.1 Å². The number of nitrogens with one attached hydrogen (secondary N) is 1. The molecule has 1 aromatic heterocycles. The number of rotatable bonds is 17. The summed E-state index contributed by atoms with van der Waals surface area (Å²) in [7, 11) is 0. The lowest BCUT2D eigenvalue weighted by Gasteiger charge is -2.06. The first kappa shape index (κ1) is 30.6. The van der Waals surface area contributed by atoms with E-state index in [4.69, 9.17) is 27.4 Å². The predicted molar refractivity (Wildman–Crippen MR) is 161 cm³/mol. The van der Waals surface area contributed by atoms with E-state index in [2.05, 4.69) is 16.9 Å². The second kappa shape index (κ2) is 16.2. The number of benzene rings is 2. The standard InChI is InChI=1S/C29H42Cl2N4O2S/c1-4-7-8-9-10-11-12-13-14-15-16-23-17-19-24(20-18-23)37-38(36)33-32-29-34(5-2)27-21-25(30)26(31)22-28(27)35(29)6-3/h17-22,33H,4-16H2,1-3H3. The van der Waals surface area contributed by atoms with Crippen LogP contribution in [0.3, 0.4) is 0 Å². The number of hydrogen-bond acceptors (Lipinski definition) is 3. The zero-order valence-electron chi connectivity index (χ0n) is 23.0. The Morgan fingerprint density at radius 3 is 1.79 bits per heavy atom. The molecule has 0 radical (unpaired) electrons. The highest BCUT2D eigenvalue weighted by molar-refractivity contribution is 7.78. The molecule has 0 saturated heterocycles. The van der Waals surface area contributed by atoms with Crippen molar-refractivity contribution in [3.05, 3.63) is 57.6 Å². The molecule has 0 saturated carbocycles. The van der Waals surface area contributed by atoms with Crippen molar-refractivity contribution in [1.29, 1.82) is 0 Å². The van der Waals surface area contributed by atoms with Crippen LogP contribution >= 0.6 is 23.2 Å². The topological polar surface area (TPSA) is 60.5 Å². The minimum absolute atomic E-state index is 0.484. The van der Waals surface area contributed by atoms with Crippen LogP contribution in [0.1, 0.15) is 90.5 Å². The molecule has 0 amide bonds. The van der Waals surface area contributed by atoms with Gasteiger partial charge in [-0.15, -0.1) is 5.10 Å². The number of nitrogens with zero attached hydrogens (tertiary/aromatic N) is 3. The largest absolute Gasteiger partial charge is 0.384 e. The van der Waals surface area contributed by atoms with Gasteiger partial charge < -0.3 is 13.3 Å². The second-order valence-corrected chi connectivity index (χ2v) is 11.3. The van der Waals surface area contributed by atoms with Gasteiger partial charge >= 0.3 is 11.3 Å². The van der Waals surface area contributed by atoms with Crippen LogP contribution in [0, 0.1) is 0 Å². The molecule has 0 aliphatic heterocycles. The summed E-state index contributed by atoms with van der Waals surface area (Å²) in [6.45, 7) is 7.63. The molecule has 0 fully saturated rings. The van der Waals surface area contributed by atoms with Crippen molar-refractivity contribution >= 4 is 45.5 Å². The van der Waals surface area contributed by atoms with Gasteiger partial charge in [-0.05, 0) is 56.5 Å². The summed E-state index contributed by atoms with van der Waals surface area (Å²) in [4.78, 5) is 2.64. The van der Waals surface area contributed by atoms with Crippen LogP contribution in [0.15, 0.2) is 41.5 Å². The summed E-state index contributed by atoms with van der Waals surface area (Å²) in [5.41, 5.74) is 3.71. The van der Waals surface area contributed by atoms with Crippen molar-refractivity contribution in [3.63, 3.8) is 0 Å². The third-order valence-corrected chi connectivity index (χ3v) is 8.16. The molecule has 0 aliphatic rings. The Kier molecular flexibility index (Phi) is 13.0. The molecular formula is C29H42Cl2N4O2S. The van der Waals surface area contributed by atoms with Gasteiger partial charge in [-0.1, -0.05) is 100 Å². The highest BCUT2D eigenvalue weighted by Gasteiger charge is 2.13. The average Bonchev–Trinajstić information content (AvgIpc) is 3.20. The van der Waals surface area contributed by atoms with E-state index in [-0.39, 0.29) is 0 Å². The lowest BCUT2D eigenvalue weighted by atomic mass is 10.0. The minimum atomic E-state index is -1.84. The van der Waals surface area contributed by atoms with Crippen LogP contribution in [0.2, 0.25) is 10.0 Å². The van der Waals surface area contributed by atoms with Crippen LogP contribution in [-0.2, 0) is 30.8 Å². The molecule has 3 rings (SSSR count). The fourth-order valence-corrected chi connectivity index (χ4v) is 5.57. The van der Waals surface area contributed by atoms with Crippen LogP contribution in [0.25, 0.3) is 11.0 Å². The average molecular weight is 582 g/mol. The maximum absolute atomic E-state index is 12.6. The van der Waals surface area contributed by atoms with Gasteiger partial charge in [0.1, 0.15) is 5.75 Å². The lowest BCUT2D eigenvalue weighted by Crippen LogP contribution is -2.30. The highest BCUT2D eigenvalue weighted by atomic mass is 35.5. The number of fused-ring (bicyclic) bond motifs is 1. The smallest absolute Gasteiger partial charge is 0.332 e. The van der Waals surface area contributed by atoms with E-state index >= 15 is 0 Å². The van der Waals surface area contributed by atoms with Crippen LogP contribution in [0.5, 0.6) is 5.75 Å². The fourth-order valence-electron chi connectivity index (χ4n) is 4.78. The summed E-state index contributed by atoms with van der Waals surface area (Å²) < 4.78 is 22.1. The van der Waals surface area contributed by atoms with Crippen molar-refractivity contribution in [2.75, 3.05) is 0 Å². The Labute approximate surface area is 240 Å². The normalized spacial score (nSPS) is 12.1. The molecule has 1 atom stereocenters. The Morgan fingerprint density at radius 1 is 0.789 bits per heavy atom. The molecule has 1 unspecified atom stereocenters. The van der Waals surface area contributed by atoms with E-state index in [1.54, 1.807) is 0 Å². The monoisotopic (exact) mass is 580 g/mol. The van der Waals surface area contributed by atoms with Crippen LogP contribution < -0.4 is 14.6 Å². The molecule has 3 aromatic rings. The van der Waals surface area contributed by atoms with Gasteiger partial charge in [-0.2, -0.15) is 9.04 Å². The van der Waals surface area contributed by atoms with Crippen molar-refractivity contribution in [2.24, 2.45) is 5.10 Å². The first-order chi connectivity index (χ1) is 18.5. The molecule has 1 heterocycles. The van der Waals surface area contributed by atoms with Gasteiger partial charge in [0.2, 0.25) is 5.62 Å². The maximum Gasteiger partial charge on any atom is 0.332 e. The fraction of sp³-hybridized carbons (Fsp3) is 0.552. The zero-order chi connectivity index (χ0) is 27.3. The van der Waals surface area contributed by atoms with Crippen LogP contribution in [-0.4, -0.2) is 13.3 Å². The van der Waals surface area contributed by atoms with Gasteiger partial charge in [0.05, 0.1) is 21.1 Å². The Morgan fingerprint density at radius 2 is 1.29 bits per heavy atom. The molecule has 2 aromatic carbocycles. The number of halogens is 2. The summed E-state index contributed by atoms with van der Waals surface area (Å²) in [6.07, 6.45) is 14.4. The second-order valence-electron chi connectivity index (χ2n) is 9.64. The van der Waals surface area contributed by atoms with E-state index in [9.17, 15) is 4.21 Å². The van der Waals surface area contributed by atoms with Gasteiger partial charge in [0.25, 0.3) is 0 Å². The number of aryl methyl sites for hydroxylation is 3. The zero-order valence-corrected chi connectivity index (χ0v) is 25.3. The summed E-state index contributed by atoms with van der Waals surface area (Å²) in [6, 6.07) is 11.5. The van der Waals surface area contributed by atoms with Gasteiger partial charge in [-0.3, -0.25) is 0 Å². The molecule has 9 heteroatoms. The SMILES string of the molecule is CCCCCCCCCCCCc1ccc(OS(=O)NN=c2n(CC)c3cc(Cl)c(Cl)cc3n2CC)cc1. The van der Waals surface area contributed by atoms with Gasteiger partial charge in [0.15, 0.2) is 0 Å². The van der Waals surface area contributed by atoms with Crippen LogP contribution in [0.4, 0.5) is 0 Å². The Balaban J connectivity index is 1.49. The Bertz CT molecular complexity index is 1190. The molecule has 0 aliphatic carbocycles. The van der Waals surface area contributed by atoms with Gasteiger partial charge in [-0.25, -0.2) is 0 Å². The summed E-state index contributed by atoms with van der Waals surface area (Å²) in [5, 5.41) is 5.38. The van der Waals surface area contributed by atoms with E-state index in [1.807, 2.05) is 59.4 Å². The first-order valence-electron chi connectivity index (χ1n) is 14.0. The molecule has 210 valence electrons. The third kappa shape index (κ3) is 8.78.